The van der Waals surface area contributed by atoms with Crippen LogP contribution in [-0.4, -0.2) is 73.7 Å². The number of ether oxygens (including phenoxy) is 1. The van der Waals surface area contributed by atoms with Gasteiger partial charge in [-0.3, -0.25) is 0 Å². The number of aliphatic hydroxyl groups is 1. The molecule has 0 radical (unpaired) electrons. The number of benzene rings is 1. The molecule has 2 rings (SSSR count). The first kappa shape index (κ1) is 27.0. The van der Waals surface area contributed by atoms with Crippen LogP contribution in [0.4, 0.5) is 4.79 Å². The van der Waals surface area contributed by atoms with Gasteiger partial charge in [0.2, 0.25) is 10.0 Å². The van der Waals surface area contributed by atoms with Gasteiger partial charge in [-0.15, -0.1) is 0 Å². The third kappa shape index (κ3) is 6.85. The molecule has 1 aliphatic rings. The highest BCUT2D eigenvalue weighted by Crippen LogP contribution is 2.34. The van der Waals surface area contributed by atoms with Crippen LogP contribution in [0.2, 0.25) is 0 Å². The van der Waals surface area contributed by atoms with Crippen molar-refractivity contribution in [2.24, 2.45) is 5.92 Å². The molecule has 2 N–H and O–H groups in total. The first-order valence-corrected chi connectivity index (χ1v) is 12.9. The Morgan fingerprint density at radius 2 is 2.06 bits per heavy atom. The number of urea groups is 1. The average molecular weight is 480 g/mol. The maximum Gasteiger partial charge on any atom is 0.317 e. The van der Waals surface area contributed by atoms with Crippen molar-refractivity contribution < 1.29 is 23.1 Å². The molecule has 0 unspecified atom stereocenters. The second kappa shape index (κ2) is 11.7. The van der Waals surface area contributed by atoms with Crippen LogP contribution in [0.25, 0.3) is 0 Å². The van der Waals surface area contributed by atoms with E-state index in [1.165, 1.54) is 10.4 Å². The quantitative estimate of drug-likeness (QED) is 0.611. The molecule has 1 aromatic rings. The molecule has 1 heterocycles. The van der Waals surface area contributed by atoms with Crippen molar-refractivity contribution in [3.63, 3.8) is 0 Å². The molecule has 1 aromatic carbocycles. The average Bonchev–Trinajstić information content (AvgIpc) is 2.75. The lowest BCUT2D eigenvalue weighted by Crippen LogP contribution is -2.51. The van der Waals surface area contributed by atoms with Crippen molar-refractivity contribution >= 4 is 16.1 Å². The van der Waals surface area contributed by atoms with Crippen molar-refractivity contribution in [2.45, 2.75) is 70.5 Å². The van der Waals surface area contributed by atoms with Crippen molar-refractivity contribution in [1.29, 1.82) is 0 Å². The number of sulfonamides is 1. The first-order valence-electron chi connectivity index (χ1n) is 11.4. The summed E-state index contributed by atoms with van der Waals surface area (Å²) in [6.45, 7) is 9.51. The normalized spacial score (nSPS) is 21.0. The van der Waals surface area contributed by atoms with E-state index in [2.05, 4.69) is 17.2 Å². The fourth-order valence-corrected chi connectivity index (χ4v) is 5.35. The van der Waals surface area contributed by atoms with E-state index in [4.69, 9.17) is 4.74 Å². The van der Waals surface area contributed by atoms with Gasteiger partial charge in [0.25, 0.3) is 0 Å². The zero-order valence-electron chi connectivity index (χ0n) is 20.5. The molecular formula is C24H37N3O5S. The molecule has 0 spiro atoms. The highest BCUT2D eigenvalue weighted by molar-refractivity contribution is 7.89. The van der Waals surface area contributed by atoms with Gasteiger partial charge in [0.1, 0.15) is 16.7 Å². The number of hydrogen-bond acceptors (Lipinski definition) is 5. The third-order valence-corrected chi connectivity index (χ3v) is 7.51. The zero-order chi connectivity index (χ0) is 24.8. The molecule has 33 heavy (non-hydrogen) atoms. The summed E-state index contributed by atoms with van der Waals surface area (Å²) >= 11 is 0. The number of nitrogens with one attached hydrogen (secondary N) is 1. The zero-order valence-corrected chi connectivity index (χ0v) is 21.3. The molecule has 2 amide bonds. The van der Waals surface area contributed by atoms with E-state index < -0.39 is 22.2 Å². The van der Waals surface area contributed by atoms with Gasteiger partial charge in [-0.2, -0.15) is 4.31 Å². The Hall–Kier alpha value is -2.28. The van der Waals surface area contributed by atoms with Crippen molar-refractivity contribution in [3.8, 4) is 17.6 Å². The number of likely N-dealkylation sites (N-methyl/N-ethyl adjacent to an activating group) is 1. The second-order valence-corrected chi connectivity index (χ2v) is 10.8. The number of aliphatic hydroxyl groups excluding tert-OH is 1. The third-order valence-electron chi connectivity index (χ3n) is 5.49. The summed E-state index contributed by atoms with van der Waals surface area (Å²) in [5.74, 6) is 6.09. The van der Waals surface area contributed by atoms with Crippen LogP contribution in [0.3, 0.4) is 0 Å². The lowest BCUT2D eigenvalue weighted by atomic mass is 10.0. The highest BCUT2D eigenvalue weighted by atomic mass is 32.2. The minimum atomic E-state index is -3.91. The Morgan fingerprint density at radius 3 is 2.67 bits per heavy atom. The first-order chi connectivity index (χ1) is 15.5. The Bertz CT molecular complexity index is 984. The van der Waals surface area contributed by atoms with Gasteiger partial charge in [0.05, 0.1) is 13.2 Å². The lowest BCUT2D eigenvalue weighted by Gasteiger charge is -2.37. The predicted octanol–water partition coefficient (Wildman–Crippen LogP) is 2.66. The number of hydrogen-bond donors (Lipinski definition) is 2. The SMILES string of the molecule is CCCC#Cc1ccc2c(c1)O[C@@H](CN(C)C(=O)NC(C)C)[C@@H](C)CN([C@@H](C)CO)S2(=O)=O. The monoisotopic (exact) mass is 479 g/mol. The molecule has 0 saturated heterocycles. The fraction of sp³-hybridized carbons (Fsp3) is 0.625. The molecule has 0 saturated carbocycles. The predicted molar refractivity (Wildman–Crippen MR) is 129 cm³/mol. The fourth-order valence-electron chi connectivity index (χ4n) is 3.52. The smallest absolute Gasteiger partial charge is 0.317 e. The molecular weight excluding hydrogens is 442 g/mol. The van der Waals surface area contributed by atoms with Crippen LogP contribution >= 0.6 is 0 Å². The Balaban J connectivity index is 2.50. The second-order valence-electron chi connectivity index (χ2n) is 8.94. The molecule has 0 fully saturated rings. The van der Waals surface area contributed by atoms with Crippen LogP contribution in [0, 0.1) is 17.8 Å². The van der Waals surface area contributed by atoms with E-state index >= 15 is 0 Å². The van der Waals surface area contributed by atoms with Crippen molar-refractivity contribution in [3.05, 3.63) is 23.8 Å². The van der Waals surface area contributed by atoms with Gasteiger partial charge in [-0.05, 0) is 45.4 Å². The molecule has 8 nitrogen and oxygen atoms in total. The minimum absolute atomic E-state index is 0.00774. The summed E-state index contributed by atoms with van der Waals surface area (Å²) in [6.07, 6.45) is 1.21. The summed E-state index contributed by atoms with van der Waals surface area (Å²) in [7, 11) is -2.22. The Kier molecular flexibility index (Phi) is 9.58. The maximum absolute atomic E-state index is 13.5. The topological polar surface area (TPSA) is 99.2 Å². The van der Waals surface area contributed by atoms with Gasteiger partial charge in [0.15, 0.2) is 0 Å². The standard InChI is InChI=1S/C24H37N3O5S/c1-7-8-9-10-20-11-12-23-21(13-20)32-22(15-26(6)24(29)25-17(2)3)18(4)14-27(19(5)16-28)33(23,30)31/h11-13,17-19,22,28H,7-8,14-16H2,1-6H3,(H,25,29)/t18-,19-,22-/m0/s1. The van der Waals surface area contributed by atoms with Crippen LogP contribution in [0.5, 0.6) is 5.75 Å². The molecule has 9 heteroatoms. The van der Waals surface area contributed by atoms with Gasteiger partial charge in [-0.25, -0.2) is 13.2 Å². The van der Waals surface area contributed by atoms with Crippen molar-refractivity contribution in [2.75, 3.05) is 26.7 Å². The largest absolute Gasteiger partial charge is 0.487 e. The molecule has 0 bridgehead atoms. The minimum Gasteiger partial charge on any atom is -0.487 e. The summed E-state index contributed by atoms with van der Waals surface area (Å²) < 4.78 is 34.5. The number of fused-ring (bicyclic) bond motifs is 1. The van der Waals surface area contributed by atoms with Crippen LogP contribution in [0.1, 0.15) is 53.0 Å². The molecule has 0 aromatic heterocycles. The number of carbonyl (C=O) groups is 1. The van der Waals surface area contributed by atoms with Crippen LogP contribution in [-0.2, 0) is 10.0 Å². The van der Waals surface area contributed by atoms with E-state index in [0.29, 0.717) is 5.56 Å². The molecule has 0 aliphatic carbocycles. The number of rotatable bonds is 6. The summed E-state index contributed by atoms with van der Waals surface area (Å²) in [6, 6.07) is 4.00. The number of amides is 2. The van der Waals surface area contributed by atoms with Gasteiger partial charge < -0.3 is 20.1 Å². The number of nitrogens with zero attached hydrogens (tertiary/aromatic N) is 2. The van der Waals surface area contributed by atoms with E-state index in [9.17, 15) is 18.3 Å². The highest BCUT2D eigenvalue weighted by Gasteiger charge is 2.38. The lowest BCUT2D eigenvalue weighted by molar-refractivity contribution is 0.0809. The van der Waals surface area contributed by atoms with Gasteiger partial charge >= 0.3 is 6.03 Å². The van der Waals surface area contributed by atoms with Crippen molar-refractivity contribution in [1.82, 2.24) is 14.5 Å². The molecule has 3 atom stereocenters. The van der Waals surface area contributed by atoms with E-state index in [-0.39, 0.29) is 48.3 Å². The van der Waals surface area contributed by atoms with Gasteiger partial charge in [-0.1, -0.05) is 25.7 Å². The summed E-state index contributed by atoms with van der Waals surface area (Å²) in [4.78, 5) is 14.0. The van der Waals surface area contributed by atoms with Gasteiger partial charge in [0, 0.05) is 43.6 Å². The van der Waals surface area contributed by atoms with Crippen LogP contribution < -0.4 is 10.1 Å². The Labute approximate surface area is 198 Å². The number of unbranched alkanes of at least 4 members (excludes halogenated alkanes) is 1. The summed E-state index contributed by atoms with van der Waals surface area (Å²) in [5, 5.41) is 12.6. The maximum atomic E-state index is 13.5. The summed E-state index contributed by atoms with van der Waals surface area (Å²) in [5.41, 5.74) is 0.664. The Morgan fingerprint density at radius 1 is 1.36 bits per heavy atom. The van der Waals surface area contributed by atoms with E-state index in [1.807, 2.05) is 27.7 Å². The van der Waals surface area contributed by atoms with E-state index in [0.717, 1.165) is 12.8 Å². The van der Waals surface area contributed by atoms with Crippen LogP contribution in [0.15, 0.2) is 23.1 Å². The van der Waals surface area contributed by atoms with E-state index in [1.54, 1.807) is 31.0 Å². The molecule has 1 aliphatic heterocycles. The molecule has 184 valence electrons. The number of carbonyl (C=O) groups excluding carboxylic acids is 1.